The molecule has 76 valence electrons. The Morgan fingerprint density at radius 1 is 1.54 bits per heavy atom. The fourth-order valence-corrected chi connectivity index (χ4v) is 0.925. The molecule has 0 saturated carbocycles. The van der Waals surface area contributed by atoms with Gasteiger partial charge < -0.3 is 5.32 Å². The number of hydrazone groups is 1. The van der Waals surface area contributed by atoms with Crippen LogP contribution in [0.3, 0.4) is 0 Å². The highest BCUT2D eigenvalue weighted by molar-refractivity contribution is 6.20. The van der Waals surface area contributed by atoms with Crippen LogP contribution in [0, 0.1) is 0 Å². The molecule has 0 fully saturated rings. The van der Waals surface area contributed by atoms with Gasteiger partial charge in [-0.05, 0) is 27.0 Å². The minimum atomic E-state index is -0.357. The lowest BCUT2D eigenvalue weighted by atomic mass is 10.5. The Hall–Kier alpha value is -0.740. The normalized spacial score (nSPS) is 12.7. The number of hydrogen-bond donors (Lipinski definition) is 2. The lowest BCUT2D eigenvalue weighted by molar-refractivity contribution is 0.228. The van der Waals surface area contributed by atoms with E-state index in [2.05, 4.69) is 15.8 Å². The molecule has 0 aromatic heterocycles. The first kappa shape index (κ1) is 12.3. The van der Waals surface area contributed by atoms with Crippen molar-refractivity contribution in [1.82, 2.24) is 15.9 Å². The van der Waals surface area contributed by atoms with E-state index in [9.17, 15) is 0 Å². The summed E-state index contributed by atoms with van der Waals surface area (Å²) in [5, 5.41) is 8.59. The minimum absolute atomic E-state index is 0.357. The summed E-state index contributed by atoms with van der Waals surface area (Å²) in [6.07, 6.45) is 3.63. The average Bonchev–Trinajstić information content (AvgIpc) is 1.98. The second-order valence-corrected chi connectivity index (χ2v) is 3.17. The van der Waals surface area contributed by atoms with Gasteiger partial charge in [0.1, 0.15) is 0 Å². The van der Waals surface area contributed by atoms with Gasteiger partial charge in [-0.25, -0.2) is 5.12 Å². The number of rotatable bonds is 5. The zero-order chi connectivity index (χ0) is 10.3. The molecule has 0 heterocycles. The highest BCUT2D eigenvalue weighted by Gasteiger charge is 2.00. The monoisotopic (exact) mass is 204 g/mol. The third-order valence-corrected chi connectivity index (χ3v) is 1.28. The molecule has 1 atom stereocenters. The van der Waals surface area contributed by atoms with Crippen LogP contribution < -0.4 is 10.7 Å². The molecule has 0 amide bonds. The number of hydrazine groups is 1. The van der Waals surface area contributed by atoms with E-state index >= 15 is 0 Å². The van der Waals surface area contributed by atoms with E-state index in [0.29, 0.717) is 0 Å². The van der Waals surface area contributed by atoms with Crippen molar-refractivity contribution in [2.45, 2.75) is 26.4 Å². The van der Waals surface area contributed by atoms with Crippen molar-refractivity contribution in [1.29, 1.82) is 0 Å². The van der Waals surface area contributed by atoms with Gasteiger partial charge in [-0.2, -0.15) is 10.5 Å². The molecular formula is C8H17ClN4. The van der Waals surface area contributed by atoms with Crippen LogP contribution in [-0.2, 0) is 0 Å². The van der Waals surface area contributed by atoms with Crippen LogP contribution in [0.4, 0.5) is 0 Å². The van der Waals surface area contributed by atoms with Gasteiger partial charge in [0.15, 0.2) is 5.62 Å². The third-order valence-electron chi connectivity index (χ3n) is 1.06. The molecular weight excluding hydrogens is 188 g/mol. The van der Waals surface area contributed by atoms with Gasteiger partial charge in [0.05, 0.1) is 0 Å². The van der Waals surface area contributed by atoms with E-state index in [-0.39, 0.29) is 5.62 Å². The third kappa shape index (κ3) is 7.62. The van der Waals surface area contributed by atoms with Crippen LogP contribution >= 0.6 is 11.6 Å². The molecule has 0 aliphatic heterocycles. The van der Waals surface area contributed by atoms with Crippen molar-refractivity contribution >= 4 is 17.3 Å². The summed E-state index contributed by atoms with van der Waals surface area (Å²) in [6, 6.07) is 0. The van der Waals surface area contributed by atoms with Gasteiger partial charge in [0, 0.05) is 12.8 Å². The van der Waals surface area contributed by atoms with Crippen LogP contribution in [0.2, 0.25) is 0 Å². The Bertz CT molecular complexity index is 187. The Morgan fingerprint density at radius 3 is 2.62 bits per heavy atom. The Kier molecular flexibility index (Phi) is 6.36. The van der Waals surface area contributed by atoms with E-state index in [1.807, 2.05) is 26.8 Å². The molecule has 0 aromatic rings. The van der Waals surface area contributed by atoms with Crippen molar-refractivity contribution in [3.8, 4) is 0 Å². The second kappa shape index (κ2) is 6.74. The second-order valence-electron chi connectivity index (χ2n) is 2.73. The van der Waals surface area contributed by atoms with Crippen molar-refractivity contribution < 1.29 is 0 Å². The fraction of sp³-hybridized carbons (Fsp3) is 0.625. The lowest BCUT2D eigenvalue weighted by Gasteiger charge is -2.19. The summed E-state index contributed by atoms with van der Waals surface area (Å²) in [7, 11) is 1.79. The molecule has 0 aromatic carbocycles. The highest BCUT2D eigenvalue weighted by Crippen LogP contribution is 1.89. The first-order valence-electron chi connectivity index (χ1n) is 4.09. The van der Waals surface area contributed by atoms with Gasteiger partial charge in [0.25, 0.3) is 0 Å². The van der Waals surface area contributed by atoms with Crippen LogP contribution in [0.1, 0.15) is 20.8 Å². The molecule has 0 radical (unpaired) electrons. The van der Waals surface area contributed by atoms with Crippen molar-refractivity contribution in [2.75, 3.05) is 7.05 Å². The SMILES string of the molecule is C/C=C/NC(Cl)NN(C)N=C(C)C. The highest BCUT2D eigenvalue weighted by atomic mass is 35.5. The van der Waals surface area contributed by atoms with Crippen LogP contribution in [0.25, 0.3) is 0 Å². The summed E-state index contributed by atoms with van der Waals surface area (Å²) in [4.78, 5) is 0. The van der Waals surface area contributed by atoms with Crippen molar-refractivity contribution in [3.05, 3.63) is 12.3 Å². The van der Waals surface area contributed by atoms with E-state index in [1.54, 1.807) is 18.4 Å². The number of halogens is 1. The number of nitrogens with one attached hydrogen (secondary N) is 2. The summed E-state index contributed by atoms with van der Waals surface area (Å²) >= 11 is 5.85. The Labute approximate surface area is 84.6 Å². The van der Waals surface area contributed by atoms with Gasteiger partial charge in [-0.3, -0.25) is 0 Å². The first-order chi connectivity index (χ1) is 6.06. The van der Waals surface area contributed by atoms with Crippen LogP contribution in [0.15, 0.2) is 17.4 Å². The van der Waals surface area contributed by atoms with E-state index in [1.165, 1.54) is 0 Å². The molecule has 0 aliphatic carbocycles. The predicted molar refractivity (Wildman–Crippen MR) is 57.3 cm³/mol. The molecule has 0 bridgehead atoms. The van der Waals surface area contributed by atoms with E-state index < -0.39 is 0 Å². The first-order valence-corrected chi connectivity index (χ1v) is 4.53. The van der Waals surface area contributed by atoms with E-state index in [0.717, 1.165) is 5.71 Å². The van der Waals surface area contributed by atoms with Gasteiger partial charge in [0.2, 0.25) is 0 Å². The lowest BCUT2D eigenvalue weighted by Crippen LogP contribution is -2.42. The number of alkyl halides is 1. The molecule has 0 aliphatic rings. The maximum absolute atomic E-state index is 5.85. The predicted octanol–water partition coefficient (Wildman–Crippen LogP) is 1.46. The van der Waals surface area contributed by atoms with Gasteiger partial charge in [-0.15, -0.1) is 0 Å². The summed E-state index contributed by atoms with van der Waals surface area (Å²) in [6.45, 7) is 5.75. The van der Waals surface area contributed by atoms with Crippen molar-refractivity contribution in [3.63, 3.8) is 0 Å². The fourth-order valence-electron chi connectivity index (χ4n) is 0.711. The Balaban J connectivity index is 3.77. The number of hydrogen-bond acceptors (Lipinski definition) is 4. The quantitative estimate of drug-likeness (QED) is 0.234. The topological polar surface area (TPSA) is 39.7 Å². The van der Waals surface area contributed by atoms with Crippen molar-refractivity contribution in [2.24, 2.45) is 5.10 Å². The van der Waals surface area contributed by atoms with Crippen LogP contribution in [0.5, 0.6) is 0 Å². The smallest absolute Gasteiger partial charge is 0.172 e. The maximum Gasteiger partial charge on any atom is 0.172 e. The summed E-state index contributed by atoms with van der Waals surface area (Å²) in [5.41, 5.74) is 3.50. The zero-order valence-electron chi connectivity index (χ0n) is 8.50. The largest absolute Gasteiger partial charge is 0.362 e. The average molecular weight is 205 g/mol. The number of nitrogens with zero attached hydrogens (tertiary/aromatic N) is 2. The number of allylic oxidation sites excluding steroid dienone is 1. The molecule has 1 unspecified atom stereocenters. The minimum Gasteiger partial charge on any atom is -0.362 e. The standard InChI is InChI=1S/C8H17ClN4/c1-5-6-10-8(9)12-13(4)11-7(2)3/h5-6,8,10,12H,1-4H3/b6-5+. The Morgan fingerprint density at radius 2 is 2.15 bits per heavy atom. The molecule has 2 N–H and O–H groups in total. The summed E-state index contributed by atoms with van der Waals surface area (Å²) in [5.74, 6) is 0. The summed E-state index contributed by atoms with van der Waals surface area (Å²) < 4.78 is 0. The van der Waals surface area contributed by atoms with E-state index in [4.69, 9.17) is 11.6 Å². The zero-order valence-corrected chi connectivity index (χ0v) is 9.26. The molecule has 13 heavy (non-hydrogen) atoms. The van der Waals surface area contributed by atoms with Crippen LogP contribution in [-0.4, -0.2) is 23.5 Å². The molecule has 0 saturated heterocycles. The van der Waals surface area contributed by atoms with Gasteiger partial charge in [-0.1, -0.05) is 17.7 Å². The molecule has 0 rings (SSSR count). The van der Waals surface area contributed by atoms with Gasteiger partial charge >= 0.3 is 0 Å². The molecule has 4 nitrogen and oxygen atoms in total. The maximum atomic E-state index is 5.85. The molecule has 5 heteroatoms. The molecule has 0 spiro atoms.